The van der Waals surface area contributed by atoms with Crippen LogP contribution in [0.15, 0.2) is 67.0 Å². The number of pyridine rings is 1. The molecular weight excluding hydrogens is 314 g/mol. The minimum Gasteiger partial charge on any atom is -0.293 e. The minimum atomic E-state index is -0.364. The normalized spacial score (nSPS) is 12.2. The van der Waals surface area contributed by atoms with Crippen LogP contribution in [0.3, 0.4) is 0 Å². The Morgan fingerprint density at radius 2 is 1.80 bits per heavy atom. The molecule has 3 rings (SSSR count). The van der Waals surface area contributed by atoms with E-state index in [9.17, 15) is 4.79 Å². The molecule has 0 aliphatic rings. The number of alkyl halides is 1. The van der Waals surface area contributed by atoms with E-state index in [0.29, 0.717) is 5.56 Å². The summed E-state index contributed by atoms with van der Waals surface area (Å²) < 4.78 is 0. The van der Waals surface area contributed by atoms with Gasteiger partial charge in [0, 0.05) is 18.0 Å². The fraction of sp³-hybridized carbons (Fsp3) is 0.0588. The summed E-state index contributed by atoms with van der Waals surface area (Å²) >= 11 is 3.46. The highest BCUT2D eigenvalue weighted by molar-refractivity contribution is 9.09. The highest BCUT2D eigenvalue weighted by Crippen LogP contribution is 2.27. The van der Waals surface area contributed by atoms with Crippen LogP contribution >= 0.6 is 15.9 Å². The van der Waals surface area contributed by atoms with E-state index in [-0.39, 0.29) is 10.6 Å². The van der Waals surface area contributed by atoms with Crippen molar-refractivity contribution in [3.8, 4) is 0 Å². The molecule has 0 aliphatic carbocycles. The third-order valence-corrected chi connectivity index (χ3v) is 4.19. The van der Waals surface area contributed by atoms with Gasteiger partial charge in [-0.25, -0.2) is 0 Å². The second kappa shape index (κ2) is 5.55. The molecular formula is C17H12BrNO. The average Bonchev–Trinajstić information content (AvgIpc) is 2.54. The second-order valence-electron chi connectivity index (χ2n) is 4.58. The van der Waals surface area contributed by atoms with E-state index in [1.54, 1.807) is 12.4 Å². The summed E-state index contributed by atoms with van der Waals surface area (Å²) in [5.41, 5.74) is 1.57. The van der Waals surface area contributed by atoms with Crippen LogP contribution in [-0.4, -0.2) is 10.8 Å². The lowest BCUT2D eigenvalue weighted by atomic mass is 10.0. The van der Waals surface area contributed by atoms with Gasteiger partial charge in [0.25, 0.3) is 0 Å². The summed E-state index contributed by atoms with van der Waals surface area (Å²) in [6.45, 7) is 0. The van der Waals surface area contributed by atoms with Gasteiger partial charge in [-0.3, -0.25) is 9.78 Å². The zero-order chi connectivity index (χ0) is 13.9. The molecule has 1 unspecified atom stereocenters. The van der Waals surface area contributed by atoms with Gasteiger partial charge in [0.15, 0.2) is 5.78 Å². The standard InChI is InChI=1S/C17H12BrNO/c18-16(15-6-3-9-19-11-15)17(20)14-8-7-12-4-1-2-5-13(12)10-14/h1-11,16H. The topological polar surface area (TPSA) is 30.0 Å². The number of hydrogen-bond acceptors (Lipinski definition) is 2. The first-order valence-corrected chi connectivity index (χ1v) is 7.24. The van der Waals surface area contributed by atoms with Gasteiger partial charge in [-0.2, -0.15) is 0 Å². The van der Waals surface area contributed by atoms with Gasteiger partial charge in [0.2, 0.25) is 0 Å². The highest BCUT2D eigenvalue weighted by Gasteiger charge is 2.19. The van der Waals surface area contributed by atoms with Crippen molar-refractivity contribution in [1.82, 2.24) is 4.98 Å². The average molecular weight is 326 g/mol. The van der Waals surface area contributed by atoms with Gasteiger partial charge in [0.1, 0.15) is 4.83 Å². The Morgan fingerprint density at radius 1 is 1.00 bits per heavy atom. The Balaban J connectivity index is 1.96. The van der Waals surface area contributed by atoms with Gasteiger partial charge in [-0.1, -0.05) is 58.4 Å². The molecule has 0 amide bonds. The Morgan fingerprint density at radius 3 is 2.55 bits per heavy atom. The molecule has 3 heteroatoms. The molecule has 0 aliphatic heterocycles. The van der Waals surface area contributed by atoms with E-state index in [2.05, 4.69) is 20.9 Å². The SMILES string of the molecule is O=C(c1ccc2ccccc2c1)C(Br)c1cccnc1. The quantitative estimate of drug-likeness (QED) is 0.522. The largest absolute Gasteiger partial charge is 0.293 e. The van der Waals surface area contributed by atoms with Crippen molar-refractivity contribution in [3.63, 3.8) is 0 Å². The van der Waals surface area contributed by atoms with Crippen molar-refractivity contribution in [2.75, 3.05) is 0 Å². The molecule has 2 nitrogen and oxygen atoms in total. The molecule has 3 aromatic rings. The highest BCUT2D eigenvalue weighted by atomic mass is 79.9. The van der Waals surface area contributed by atoms with Crippen LogP contribution < -0.4 is 0 Å². The molecule has 1 heterocycles. The first kappa shape index (κ1) is 13.0. The Hall–Kier alpha value is -2.00. The van der Waals surface area contributed by atoms with E-state index in [1.165, 1.54) is 0 Å². The smallest absolute Gasteiger partial charge is 0.180 e. The predicted molar refractivity (Wildman–Crippen MR) is 84.2 cm³/mol. The third kappa shape index (κ3) is 2.49. The molecule has 0 radical (unpaired) electrons. The molecule has 0 saturated heterocycles. The Labute approximate surface area is 125 Å². The van der Waals surface area contributed by atoms with Crippen molar-refractivity contribution in [2.24, 2.45) is 0 Å². The number of halogens is 1. The van der Waals surface area contributed by atoms with Crippen LogP contribution in [0.4, 0.5) is 0 Å². The van der Waals surface area contributed by atoms with Gasteiger partial charge in [-0.15, -0.1) is 0 Å². The second-order valence-corrected chi connectivity index (χ2v) is 5.49. The molecule has 2 aromatic carbocycles. The first-order chi connectivity index (χ1) is 9.75. The third-order valence-electron chi connectivity index (χ3n) is 3.24. The van der Waals surface area contributed by atoms with Gasteiger partial charge in [-0.05, 0) is 28.5 Å². The summed E-state index contributed by atoms with van der Waals surface area (Å²) in [4.78, 5) is 16.2. The van der Waals surface area contributed by atoms with Crippen LogP contribution in [0.2, 0.25) is 0 Å². The molecule has 98 valence electrons. The van der Waals surface area contributed by atoms with E-state index in [1.807, 2.05) is 54.6 Å². The van der Waals surface area contributed by atoms with Gasteiger partial charge in [0.05, 0.1) is 0 Å². The molecule has 0 N–H and O–H groups in total. The van der Waals surface area contributed by atoms with Crippen molar-refractivity contribution in [2.45, 2.75) is 4.83 Å². The minimum absolute atomic E-state index is 0.0451. The number of carbonyl (C=O) groups is 1. The van der Waals surface area contributed by atoms with Crippen molar-refractivity contribution >= 4 is 32.5 Å². The molecule has 1 atom stereocenters. The van der Waals surface area contributed by atoms with Gasteiger partial charge >= 0.3 is 0 Å². The maximum atomic E-state index is 12.5. The molecule has 1 aromatic heterocycles. The molecule has 0 fully saturated rings. The number of Topliss-reactive ketones (excluding diaryl/α,β-unsaturated/α-hetero) is 1. The van der Waals surface area contributed by atoms with Crippen LogP contribution in [0.25, 0.3) is 10.8 Å². The van der Waals surface area contributed by atoms with Crippen LogP contribution in [0.1, 0.15) is 20.7 Å². The van der Waals surface area contributed by atoms with Gasteiger partial charge < -0.3 is 0 Å². The van der Waals surface area contributed by atoms with Crippen molar-refractivity contribution in [1.29, 1.82) is 0 Å². The fourth-order valence-electron chi connectivity index (χ4n) is 2.17. The zero-order valence-electron chi connectivity index (χ0n) is 10.7. The number of hydrogen-bond donors (Lipinski definition) is 0. The van der Waals surface area contributed by atoms with Crippen molar-refractivity contribution in [3.05, 3.63) is 78.1 Å². The number of nitrogens with zero attached hydrogens (tertiary/aromatic N) is 1. The van der Waals surface area contributed by atoms with E-state index < -0.39 is 0 Å². The molecule has 20 heavy (non-hydrogen) atoms. The van der Waals surface area contributed by atoms with E-state index in [0.717, 1.165) is 16.3 Å². The van der Waals surface area contributed by atoms with Crippen LogP contribution in [0, 0.1) is 0 Å². The monoisotopic (exact) mass is 325 g/mol. The fourth-order valence-corrected chi connectivity index (χ4v) is 2.70. The summed E-state index contributed by atoms with van der Waals surface area (Å²) in [5, 5.41) is 2.21. The summed E-state index contributed by atoms with van der Waals surface area (Å²) in [6, 6.07) is 17.5. The van der Waals surface area contributed by atoms with E-state index >= 15 is 0 Å². The summed E-state index contributed by atoms with van der Waals surface area (Å²) in [6.07, 6.45) is 3.40. The number of rotatable bonds is 3. The summed E-state index contributed by atoms with van der Waals surface area (Å²) in [7, 11) is 0. The van der Waals surface area contributed by atoms with Crippen LogP contribution in [0.5, 0.6) is 0 Å². The predicted octanol–water partition coefficient (Wildman–Crippen LogP) is 4.55. The van der Waals surface area contributed by atoms with Crippen molar-refractivity contribution < 1.29 is 4.79 Å². The number of carbonyl (C=O) groups excluding carboxylic acids is 1. The zero-order valence-corrected chi connectivity index (χ0v) is 12.2. The molecule has 0 bridgehead atoms. The molecule has 0 saturated carbocycles. The molecule has 0 spiro atoms. The maximum Gasteiger partial charge on any atom is 0.180 e. The number of aromatic nitrogens is 1. The lowest BCUT2D eigenvalue weighted by molar-refractivity contribution is 0.0991. The Kier molecular flexibility index (Phi) is 3.61. The maximum absolute atomic E-state index is 12.5. The lowest BCUT2D eigenvalue weighted by Gasteiger charge is -2.09. The first-order valence-electron chi connectivity index (χ1n) is 6.33. The number of ketones is 1. The number of fused-ring (bicyclic) bond motifs is 1. The Bertz CT molecular complexity index is 755. The lowest BCUT2D eigenvalue weighted by Crippen LogP contribution is -2.07. The van der Waals surface area contributed by atoms with Crippen LogP contribution in [-0.2, 0) is 0 Å². The summed E-state index contributed by atoms with van der Waals surface area (Å²) in [5.74, 6) is 0.0451. The number of benzene rings is 2. The van der Waals surface area contributed by atoms with E-state index in [4.69, 9.17) is 0 Å².